The average molecular weight is 216 g/mol. The molecule has 1 aromatic carbocycles. The van der Waals surface area contributed by atoms with Crippen LogP contribution in [0.15, 0.2) is 30.5 Å². The van der Waals surface area contributed by atoms with Crippen LogP contribution in [0.4, 0.5) is 0 Å². The molecular formula is C14H20N2. The molecule has 0 radical (unpaired) electrons. The van der Waals surface area contributed by atoms with Gasteiger partial charge in [0.1, 0.15) is 0 Å². The van der Waals surface area contributed by atoms with Crippen molar-refractivity contribution >= 4 is 0 Å². The lowest BCUT2D eigenvalue weighted by Crippen LogP contribution is -1.94. The van der Waals surface area contributed by atoms with Crippen molar-refractivity contribution in [1.29, 1.82) is 0 Å². The van der Waals surface area contributed by atoms with E-state index in [0.717, 1.165) is 0 Å². The maximum Gasteiger partial charge on any atom is 0.0708 e. The third-order valence-corrected chi connectivity index (χ3v) is 2.45. The van der Waals surface area contributed by atoms with E-state index in [2.05, 4.69) is 43.2 Å². The van der Waals surface area contributed by atoms with E-state index >= 15 is 0 Å². The average Bonchev–Trinajstić information content (AvgIpc) is 2.63. The van der Waals surface area contributed by atoms with Gasteiger partial charge in [-0.3, -0.25) is 4.68 Å². The zero-order chi connectivity index (χ0) is 12.1. The molecule has 0 bridgehead atoms. The number of benzene rings is 1. The van der Waals surface area contributed by atoms with E-state index in [-0.39, 0.29) is 0 Å². The third-order valence-electron chi connectivity index (χ3n) is 2.45. The fourth-order valence-corrected chi connectivity index (χ4v) is 1.67. The van der Waals surface area contributed by atoms with Crippen LogP contribution in [0.3, 0.4) is 0 Å². The van der Waals surface area contributed by atoms with Crippen LogP contribution in [0.2, 0.25) is 0 Å². The number of aromatic nitrogens is 2. The van der Waals surface area contributed by atoms with Gasteiger partial charge in [-0.05, 0) is 19.4 Å². The summed E-state index contributed by atoms with van der Waals surface area (Å²) >= 11 is 0. The molecule has 0 fully saturated rings. The molecule has 16 heavy (non-hydrogen) atoms. The smallest absolute Gasteiger partial charge is 0.0708 e. The molecule has 0 unspecified atom stereocenters. The van der Waals surface area contributed by atoms with Crippen molar-refractivity contribution in [1.82, 2.24) is 9.78 Å². The first-order valence-electron chi connectivity index (χ1n) is 5.74. The predicted octanol–water partition coefficient (Wildman–Crippen LogP) is 3.73. The van der Waals surface area contributed by atoms with Gasteiger partial charge < -0.3 is 0 Å². The number of rotatable bonds is 1. The Balaban J connectivity index is 0.000000606. The third kappa shape index (κ3) is 2.51. The summed E-state index contributed by atoms with van der Waals surface area (Å²) in [5, 5.41) is 4.23. The van der Waals surface area contributed by atoms with Crippen molar-refractivity contribution in [3.63, 3.8) is 0 Å². The Bertz CT molecular complexity index is 419. The maximum atomic E-state index is 4.23. The summed E-state index contributed by atoms with van der Waals surface area (Å²) in [4.78, 5) is 0. The molecule has 0 aliphatic carbocycles. The molecule has 0 saturated carbocycles. The lowest BCUT2D eigenvalue weighted by atomic mass is 10.1. The van der Waals surface area contributed by atoms with E-state index in [0.29, 0.717) is 0 Å². The SMILES string of the molecule is CC.Cc1ccc(-c2c(C)cnn2C)cc1. The Morgan fingerprint density at radius 3 is 2.00 bits per heavy atom. The summed E-state index contributed by atoms with van der Waals surface area (Å²) in [6, 6.07) is 8.53. The molecule has 0 aliphatic heterocycles. The minimum Gasteiger partial charge on any atom is -0.268 e. The van der Waals surface area contributed by atoms with E-state index in [1.807, 2.05) is 31.8 Å². The first-order valence-corrected chi connectivity index (χ1v) is 5.74. The highest BCUT2D eigenvalue weighted by Crippen LogP contribution is 2.22. The molecule has 2 nitrogen and oxygen atoms in total. The van der Waals surface area contributed by atoms with Gasteiger partial charge in [0.05, 0.1) is 11.9 Å². The zero-order valence-electron chi connectivity index (χ0n) is 10.8. The van der Waals surface area contributed by atoms with Crippen molar-refractivity contribution in [3.8, 4) is 11.3 Å². The van der Waals surface area contributed by atoms with Gasteiger partial charge in [0.15, 0.2) is 0 Å². The fourth-order valence-electron chi connectivity index (χ4n) is 1.67. The minimum absolute atomic E-state index is 1.20. The Kier molecular flexibility index (Phi) is 4.29. The summed E-state index contributed by atoms with van der Waals surface area (Å²) in [5.74, 6) is 0. The largest absolute Gasteiger partial charge is 0.268 e. The molecule has 0 spiro atoms. The number of aryl methyl sites for hydroxylation is 3. The molecule has 0 saturated heterocycles. The summed E-state index contributed by atoms with van der Waals surface area (Å²) in [7, 11) is 1.97. The molecule has 86 valence electrons. The molecule has 2 heteroatoms. The molecule has 2 aromatic rings. The van der Waals surface area contributed by atoms with Crippen LogP contribution >= 0.6 is 0 Å². The Morgan fingerprint density at radius 2 is 1.56 bits per heavy atom. The summed E-state index contributed by atoms with van der Waals surface area (Å²) in [6.45, 7) is 8.18. The van der Waals surface area contributed by atoms with Gasteiger partial charge in [-0.1, -0.05) is 43.7 Å². The number of hydrogen-bond acceptors (Lipinski definition) is 1. The second-order valence-electron chi connectivity index (χ2n) is 3.67. The Morgan fingerprint density at radius 1 is 1.00 bits per heavy atom. The number of nitrogens with zero attached hydrogens (tertiary/aromatic N) is 2. The van der Waals surface area contributed by atoms with Gasteiger partial charge >= 0.3 is 0 Å². The van der Waals surface area contributed by atoms with Crippen LogP contribution in [0.1, 0.15) is 25.0 Å². The first kappa shape index (κ1) is 12.5. The van der Waals surface area contributed by atoms with Crippen LogP contribution in [0.5, 0.6) is 0 Å². The van der Waals surface area contributed by atoms with Crippen molar-refractivity contribution in [3.05, 3.63) is 41.6 Å². The molecule has 1 aromatic heterocycles. The van der Waals surface area contributed by atoms with Crippen LogP contribution in [-0.2, 0) is 7.05 Å². The normalized spacial score (nSPS) is 9.56. The maximum absolute atomic E-state index is 4.23. The van der Waals surface area contributed by atoms with Crippen LogP contribution < -0.4 is 0 Å². The highest BCUT2D eigenvalue weighted by molar-refractivity contribution is 5.63. The lowest BCUT2D eigenvalue weighted by Gasteiger charge is -2.04. The van der Waals surface area contributed by atoms with Gasteiger partial charge in [-0.15, -0.1) is 0 Å². The van der Waals surface area contributed by atoms with Crippen molar-refractivity contribution in [2.75, 3.05) is 0 Å². The predicted molar refractivity (Wildman–Crippen MR) is 69.5 cm³/mol. The highest BCUT2D eigenvalue weighted by atomic mass is 15.3. The monoisotopic (exact) mass is 216 g/mol. The minimum atomic E-state index is 1.20. The highest BCUT2D eigenvalue weighted by Gasteiger charge is 2.05. The number of hydrogen-bond donors (Lipinski definition) is 0. The fraction of sp³-hybridized carbons (Fsp3) is 0.357. The van der Waals surface area contributed by atoms with Crippen molar-refractivity contribution < 1.29 is 0 Å². The van der Waals surface area contributed by atoms with Gasteiger partial charge in [0.25, 0.3) is 0 Å². The van der Waals surface area contributed by atoms with Gasteiger partial charge in [-0.25, -0.2) is 0 Å². The summed E-state index contributed by atoms with van der Waals surface area (Å²) in [5.41, 5.74) is 4.93. The van der Waals surface area contributed by atoms with E-state index in [9.17, 15) is 0 Å². The first-order chi connectivity index (χ1) is 7.68. The molecular weight excluding hydrogens is 196 g/mol. The molecule has 0 N–H and O–H groups in total. The van der Waals surface area contributed by atoms with Crippen LogP contribution in [0.25, 0.3) is 11.3 Å². The molecule has 0 atom stereocenters. The topological polar surface area (TPSA) is 17.8 Å². The van der Waals surface area contributed by atoms with E-state index in [4.69, 9.17) is 0 Å². The second-order valence-corrected chi connectivity index (χ2v) is 3.67. The molecule has 2 rings (SSSR count). The van der Waals surface area contributed by atoms with Gasteiger partial charge in [0.2, 0.25) is 0 Å². The Labute approximate surface area is 97.9 Å². The van der Waals surface area contributed by atoms with Gasteiger partial charge in [0, 0.05) is 12.6 Å². The quantitative estimate of drug-likeness (QED) is 0.710. The summed E-state index contributed by atoms with van der Waals surface area (Å²) in [6.07, 6.45) is 1.90. The molecule has 0 amide bonds. The summed E-state index contributed by atoms with van der Waals surface area (Å²) < 4.78 is 1.92. The van der Waals surface area contributed by atoms with Gasteiger partial charge in [-0.2, -0.15) is 5.10 Å². The van der Waals surface area contributed by atoms with Crippen molar-refractivity contribution in [2.24, 2.45) is 7.05 Å². The van der Waals surface area contributed by atoms with E-state index in [1.165, 1.54) is 22.4 Å². The van der Waals surface area contributed by atoms with Crippen molar-refractivity contribution in [2.45, 2.75) is 27.7 Å². The van der Waals surface area contributed by atoms with Crippen LogP contribution in [-0.4, -0.2) is 9.78 Å². The van der Waals surface area contributed by atoms with Crippen LogP contribution in [0, 0.1) is 13.8 Å². The molecule has 1 heterocycles. The van der Waals surface area contributed by atoms with E-state index < -0.39 is 0 Å². The standard InChI is InChI=1S/C12H14N2.C2H6/c1-9-4-6-11(7-5-9)12-10(2)8-13-14(12)3;1-2/h4-8H,1-3H3;1-2H3. The van der Waals surface area contributed by atoms with E-state index in [1.54, 1.807) is 0 Å². The molecule has 0 aliphatic rings. The Hall–Kier alpha value is -1.57. The second kappa shape index (κ2) is 5.50. The lowest BCUT2D eigenvalue weighted by molar-refractivity contribution is 0.775. The zero-order valence-corrected chi connectivity index (χ0v) is 10.8.